The van der Waals surface area contributed by atoms with Crippen LogP contribution in [0.4, 0.5) is 5.69 Å². The molecular weight excluding hydrogens is 268 g/mol. The lowest BCUT2D eigenvalue weighted by Gasteiger charge is -2.33. The second-order valence-corrected chi connectivity index (χ2v) is 5.31. The van der Waals surface area contributed by atoms with Crippen LogP contribution < -0.4 is 9.64 Å². The Morgan fingerprint density at radius 2 is 2.10 bits per heavy atom. The van der Waals surface area contributed by atoms with Crippen LogP contribution in [0.3, 0.4) is 0 Å². The SMILES string of the molecule is COc1ccc2cnccc2c1N1CCC(C(=O)O)CC1. The maximum absolute atomic E-state index is 11.1. The number of piperidine rings is 1. The van der Waals surface area contributed by atoms with E-state index in [2.05, 4.69) is 9.88 Å². The van der Waals surface area contributed by atoms with E-state index in [1.165, 1.54) is 0 Å². The number of carbonyl (C=O) groups is 1. The number of benzene rings is 1. The van der Waals surface area contributed by atoms with E-state index in [-0.39, 0.29) is 5.92 Å². The number of rotatable bonds is 3. The molecule has 1 saturated heterocycles. The number of aliphatic carboxylic acids is 1. The first-order chi connectivity index (χ1) is 10.2. The van der Waals surface area contributed by atoms with Gasteiger partial charge in [-0.3, -0.25) is 9.78 Å². The fourth-order valence-corrected chi connectivity index (χ4v) is 2.97. The zero-order valence-corrected chi connectivity index (χ0v) is 12.0. The van der Waals surface area contributed by atoms with Gasteiger partial charge in [-0.15, -0.1) is 0 Å². The molecule has 0 unspecified atom stereocenters. The zero-order valence-electron chi connectivity index (χ0n) is 12.0. The first-order valence-corrected chi connectivity index (χ1v) is 7.09. The molecule has 1 fully saturated rings. The number of aromatic nitrogens is 1. The summed E-state index contributed by atoms with van der Waals surface area (Å²) in [6, 6.07) is 5.92. The summed E-state index contributed by atoms with van der Waals surface area (Å²) in [4.78, 5) is 17.5. The van der Waals surface area contributed by atoms with Gasteiger partial charge in [0.25, 0.3) is 0 Å². The summed E-state index contributed by atoms with van der Waals surface area (Å²) in [5.41, 5.74) is 1.04. The van der Waals surface area contributed by atoms with Crippen LogP contribution in [0.25, 0.3) is 10.8 Å². The lowest BCUT2D eigenvalue weighted by Crippen LogP contribution is -2.36. The van der Waals surface area contributed by atoms with Gasteiger partial charge in [-0.25, -0.2) is 0 Å². The minimum Gasteiger partial charge on any atom is -0.495 e. The van der Waals surface area contributed by atoms with Crippen molar-refractivity contribution < 1.29 is 14.6 Å². The predicted octanol–water partition coefficient (Wildman–Crippen LogP) is 2.54. The highest BCUT2D eigenvalue weighted by molar-refractivity contribution is 5.97. The largest absolute Gasteiger partial charge is 0.495 e. The Morgan fingerprint density at radius 1 is 1.33 bits per heavy atom. The van der Waals surface area contributed by atoms with Gasteiger partial charge in [-0.05, 0) is 31.0 Å². The molecule has 0 amide bonds. The summed E-state index contributed by atoms with van der Waals surface area (Å²) >= 11 is 0. The van der Waals surface area contributed by atoms with Gasteiger partial charge in [0, 0.05) is 36.3 Å². The molecule has 110 valence electrons. The zero-order chi connectivity index (χ0) is 14.8. The molecule has 0 saturated carbocycles. The number of hydrogen-bond acceptors (Lipinski definition) is 4. The van der Waals surface area contributed by atoms with Crippen molar-refractivity contribution in [3.63, 3.8) is 0 Å². The fourth-order valence-electron chi connectivity index (χ4n) is 2.97. The number of ether oxygens (including phenoxy) is 1. The van der Waals surface area contributed by atoms with Crippen LogP contribution in [0.15, 0.2) is 30.6 Å². The smallest absolute Gasteiger partial charge is 0.306 e. The number of hydrogen-bond donors (Lipinski definition) is 1. The van der Waals surface area contributed by atoms with E-state index in [4.69, 9.17) is 9.84 Å². The van der Waals surface area contributed by atoms with E-state index in [1.807, 2.05) is 24.4 Å². The van der Waals surface area contributed by atoms with Gasteiger partial charge >= 0.3 is 5.97 Å². The summed E-state index contributed by atoms with van der Waals surface area (Å²) in [5, 5.41) is 11.3. The standard InChI is InChI=1S/C16H18N2O3/c1-21-14-3-2-12-10-17-7-4-13(12)15(14)18-8-5-11(6-9-18)16(19)20/h2-4,7,10-11H,5-6,8-9H2,1H3,(H,19,20). The highest BCUT2D eigenvalue weighted by atomic mass is 16.5. The Hall–Kier alpha value is -2.30. The molecule has 3 rings (SSSR count). The molecule has 2 aromatic rings. The molecule has 0 aliphatic carbocycles. The van der Waals surface area contributed by atoms with Crippen LogP contribution in [0.5, 0.6) is 5.75 Å². The molecule has 2 heterocycles. The Labute approximate surface area is 123 Å². The number of fused-ring (bicyclic) bond motifs is 1. The molecule has 5 heteroatoms. The van der Waals surface area contributed by atoms with Crippen molar-refractivity contribution in [3.8, 4) is 5.75 Å². The average Bonchev–Trinajstić information content (AvgIpc) is 2.53. The van der Waals surface area contributed by atoms with Crippen molar-refractivity contribution in [1.29, 1.82) is 0 Å². The third-order valence-electron chi connectivity index (χ3n) is 4.14. The molecule has 1 aliphatic rings. The molecule has 1 aliphatic heterocycles. The Kier molecular flexibility index (Phi) is 3.64. The minimum atomic E-state index is -0.691. The summed E-state index contributed by atoms with van der Waals surface area (Å²) in [5.74, 6) is -0.102. The van der Waals surface area contributed by atoms with Gasteiger partial charge in [0.05, 0.1) is 18.7 Å². The first kappa shape index (κ1) is 13.7. The van der Waals surface area contributed by atoms with E-state index in [9.17, 15) is 4.79 Å². The van der Waals surface area contributed by atoms with Crippen LogP contribution >= 0.6 is 0 Å². The Morgan fingerprint density at radius 3 is 2.76 bits per heavy atom. The van der Waals surface area contributed by atoms with Gasteiger partial charge in [0.15, 0.2) is 0 Å². The third kappa shape index (κ3) is 2.51. The highest BCUT2D eigenvalue weighted by Crippen LogP contribution is 2.37. The summed E-state index contributed by atoms with van der Waals surface area (Å²) in [7, 11) is 1.66. The number of methoxy groups -OCH3 is 1. The van der Waals surface area contributed by atoms with Gasteiger partial charge in [-0.2, -0.15) is 0 Å². The van der Waals surface area contributed by atoms with Crippen molar-refractivity contribution in [2.24, 2.45) is 5.92 Å². The monoisotopic (exact) mass is 286 g/mol. The predicted molar refractivity (Wildman–Crippen MR) is 80.9 cm³/mol. The number of pyridine rings is 1. The van der Waals surface area contributed by atoms with Crippen molar-refractivity contribution in [1.82, 2.24) is 4.98 Å². The maximum Gasteiger partial charge on any atom is 0.306 e. The van der Waals surface area contributed by atoms with Crippen molar-refractivity contribution in [2.75, 3.05) is 25.1 Å². The molecule has 1 aromatic heterocycles. The number of anilines is 1. The van der Waals surface area contributed by atoms with Crippen molar-refractivity contribution >= 4 is 22.4 Å². The lowest BCUT2D eigenvalue weighted by atomic mass is 9.96. The molecular formula is C16H18N2O3. The molecule has 0 atom stereocenters. The number of carboxylic acids is 1. The second kappa shape index (κ2) is 5.60. The normalized spacial score (nSPS) is 16.1. The maximum atomic E-state index is 11.1. The van der Waals surface area contributed by atoms with Crippen LogP contribution in [0, 0.1) is 5.92 Å². The topological polar surface area (TPSA) is 62.7 Å². The second-order valence-electron chi connectivity index (χ2n) is 5.31. The van der Waals surface area contributed by atoms with Crippen LogP contribution in [0.2, 0.25) is 0 Å². The van der Waals surface area contributed by atoms with Crippen LogP contribution in [-0.2, 0) is 4.79 Å². The first-order valence-electron chi connectivity index (χ1n) is 7.09. The van der Waals surface area contributed by atoms with Crippen LogP contribution in [-0.4, -0.2) is 36.3 Å². The van der Waals surface area contributed by atoms with E-state index in [0.29, 0.717) is 12.8 Å². The van der Waals surface area contributed by atoms with Gasteiger partial charge in [-0.1, -0.05) is 0 Å². The summed E-state index contributed by atoms with van der Waals surface area (Å²) in [6.07, 6.45) is 4.94. The summed E-state index contributed by atoms with van der Waals surface area (Å²) < 4.78 is 5.50. The lowest BCUT2D eigenvalue weighted by molar-refractivity contribution is -0.142. The highest BCUT2D eigenvalue weighted by Gasteiger charge is 2.26. The molecule has 0 bridgehead atoms. The van der Waals surface area contributed by atoms with Gasteiger partial charge in [0.1, 0.15) is 5.75 Å². The van der Waals surface area contributed by atoms with E-state index in [0.717, 1.165) is 35.3 Å². The fraction of sp³-hybridized carbons (Fsp3) is 0.375. The quantitative estimate of drug-likeness (QED) is 0.939. The molecule has 0 radical (unpaired) electrons. The third-order valence-corrected chi connectivity index (χ3v) is 4.14. The van der Waals surface area contributed by atoms with E-state index in [1.54, 1.807) is 13.3 Å². The summed E-state index contributed by atoms with van der Waals surface area (Å²) in [6.45, 7) is 1.46. The molecule has 0 spiro atoms. The molecule has 1 N–H and O–H groups in total. The minimum absolute atomic E-state index is 0.233. The van der Waals surface area contributed by atoms with Gasteiger partial charge < -0.3 is 14.7 Å². The van der Waals surface area contributed by atoms with E-state index < -0.39 is 5.97 Å². The van der Waals surface area contributed by atoms with Crippen molar-refractivity contribution in [2.45, 2.75) is 12.8 Å². The molecule has 1 aromatic carbocycles. The average molecular weight is 286 g/mol. The molecule has 5 nitrogen and oxygen atoms in total. The number of nitrogens with zero attached hydrogens (tertiary/aromatic N) is 2. The Bertz CT molecular complexity index is 664. The Balaban J connectivity index is 1.98. The van der Waals surface area contributed by atoms with Crippen LogP contribution in [0.1, 0.15) is 12.8 Å². The number of carboxylic acid groups (broad SMARTS) is 1. The molecule has 21 heavy (non-hydrogen) atoms. The van der Waals surface area contributed by atoms with E-state index >= 15 is 0 Å². The van der Waals surface area contributed by atoms with Crippen molar-refractivity contribution in [3.05, 3.63) is 30.6 Å². The van der Waals surface area contributed by atoms with Gasteiger partial charge in [0.2, 0.25) is 0 Å².